The molecule has 0 heterocycles. The second-order valence-corrected chi connectivity index (χ2v) is 6.58. The van der Waals surface area contributed by atoms with Gasteiger partial charge in [0, 0.05) is 6.54 Å². The average Bonchev–Trinajstić information content (AvgIpc) is 2.27. The number of sulfone groups is 1. The summed E-state index contributed by atoms with van der Waals surface area (Å²) in [7, 11) is 0.481. The highest BCUT2D eigenvalue weighted by Gasteiger charge is 2.12. The maximum Gasteiger partial charge on any atom is 0.335 e. The third-order valence-corrected chi connectivity index (χ3v) is 4.01. The Morgan fingerprint density at radius 1 is 1.22 bits per heavy atom. The van der Waals surface area contributed by atoms with E-state index in [0.29, 0.717) is 12.1 Å². The van der Waals surface area contributed by atoms with Crippen LogP contribution in [0.25, 0.3) is 0 Å². The van der Waals surface area contributed by atoms with Gasteiger partial charge in [0.05, 0.1) is 17.1 Å². The first kappa shape index (κ1) is 14.7. The highest BCUT2D eigenvalue weighted by Crippen LogP contribution is 2.09. The van der Waals surface area contributed by atoms with Gasteiger partial charge >= 0.3 is 5.97 Å². The van der Waals surface area contributed by atoms with Crippen LogP contribution in [-0.2, 0) is 15.6 Å². The van der Waals surface area contributed by atoms with Crippen LogP contribution in [-0.4, -0.2) is 50.8 Å². The van der Waals surface area contributed by atoms with Crippen LogP contribution in [0.5, 0.6) is 0 Å². The van der Waals surface area contributed by atoms with E-state index in [9.17, 15) is 13.2 Å². The van der Waals surface area contributed by atoms with Crippen molar-refractivity contribution in [3.8, 4) is 0 Å². The summed E-state index contributed by atoms with van der Waals surface area (Å²) in [5, 5.41) is 8.73. The molecule has 0 atom stereocenters. The van der Waals surface area contributed by atoms with Gasteiger partial charge in [0.2, 0.25) is 0 Å². The summed E-state index contributed by atoms with van der Waals surface area (Å²) in [6.07, 6.45) is 0. The van der Waals surface area contributed by atoms with Crippen molar-refractivity contribution in [2.75, 3.05) is 26.4 Å². The number of rotatable bonds is 6. The lowest BCUT2D eigenvalue weighted by atomic mass is 10.1. The van der Waals surface area contributed by atoms with Crippen LogP contribution in [0, 0.1) is 0 Å². The van der Waals surface area contributed by atoms with E-state index in [-0.39, 0.29) is 17.1 Å². The zero-order chi connectivity index (χ0) is 13.8. The summed E-state index contributed by atoms with van der Waals surface area (Å²) in [6.45, 7) is 0.482. The Kier molecular flexibility index (Phi) is 4.86. The van der Waals surface area contributed by atoms with Crippen molar-refractivity contribution in [2.24, 2.45) is 0 Å². The molecule has 0 saturated carbocycles. The summed E-state index contributed by atoms with van der Waals surface area (Å²) in [4.78, 5) is 12.5. The van der Waals surface area contributed by atoms with Gasteiger partial charge in [0.1, 0.15) is 0 Å². The Balaban J connectivity index is 2.69. The van der Waals surface area contributed by atoms with Crippen LogP contribution in [0.3, 0.4) is 0 Å². The highest BCUT2D eigenvalue weighted by molar-refractivity contribution is 7.90. The molecule has 0 aromatic heterocycles. The molecule has 0 unspecified atom stereocenters. The lowest BCUT2D eigenvalue weighted by Gasteiger charge is -2.10. The highest BCUT2D eigenvalue weighted by atomic mass is 32.2. The minimum atomic E-state index is -3.15. The quantitative estimate of drug-likeness (QED) is 0.830. The summed E-state index contributed by atoms with van der Waals surface area (Å²) >= 11 is 0. The zero-order valence-corrected chi connectivity index (χ0v) is 11.3. The van der Waals surface area contributed by atoms with Gasteiger partial charge in [0.25, 0.3) is 0 Å². The summed E-state index contributed by atoms with van der Waals surface area (Å²) < 4.78 is 23.6. The summed E-state index contributed by atoms with van der Waals surface area (Å²) in [5.74, 6) is -0.974. The molecular weight excluding hydrogens is 254 g/mol. The summed E-state index contributed by atoms with van der Waals surface area (Å²) in [6, 6.07) is 5.91. The van der Waals surface area contributed by atoms with Gasteiger partial charge in [-0.2, -0.15) is 0 Å². The Morgan fingerprint density at radius 2 is 1.78 bits per heavy atom. The van der Waals surface area contributed by atoms with Gasteiger partial charge in [0.15, 0.2) is 9.84 Å². The minimum Gasteiger partial charge on any atom is -0.478 e. The van der Waals surface area contributed by atoms with E-state index in [0.717, 1.165) is 0 Å². The topological polar surface area (TPSA) is 74.7 Å². The van der Waals surface area contributed by atoms with Crippen LogP contribution in [0.1, 0.15) is 15.9 Å². The number of hydrogen-bond donors (Lipinski definition) is 1. The van der Waals surface area contributed by atoms with E-state index in [4.69, 9.17) is 5.11 Å². The van der Waals surface area contributed by atoms with Crippen LogP contribution in [0.15, 0.2) is 24.3 Å². The zero-order valence-electron chi connectivity index (χ0n) is 10.5. The first-order valence-corrected chi connectivity index (χ1v) is 7.30. The van der Waals surface area contributed by atoms with Crippen LogP contribution >= 0.6 is 0 Å². The number of nitrogens with zero attached hydrogens (tertiary/aromatic N) is 1. The molecule has 18 heavy (non-hydrogen) atoms. The molecule has 0 fully saturated rings. The second-order valence-electron chi connectivity index (χ2n) is 4.40. The SMILES string of the molecule is CN(C)CCS(=O)(=O)Cc1ccc(C(=O)O)cc1. The molecule has 1 aromatic carbocycles. The van der Waals surface area contributed by atoms with E-state index < -0.39 is 15.8 Å². The standard InChI is InChI=1S/C12H17NO4S/c1-13(2)7-8-18(16,17)9-10-3-5-11(6-4-10)12(14)15/h3-6H,7-9H2,1-2H3,(H,14,15). The molecule has 0 aliphatic carbocycles. The molecule has 6 heteroatoms. The van der Waals surface area contributed by atoms with E-state index in [1.807, 2.05) is 19.0 Å². The van der Waals surface area contributed by atoms with Crippen molar-refractivity contribution >= 4 is 15.8 Å². The van der Waals surface area contributed by atoms with Crippen molar-refractivity contribution in [1.29, 1.82) is 0 Å². The van der Waals surface area contributed by atoms with Gasteiger partial charge in [-0.15, -0.1) is 0 Å². The Labute approximate surface area is 107 Å². The fourth-order valence-electron chi connectivity index (χ4n) is 1.39. The van der Waals surface area contributed by atoms with Crippen molar-refractivity contribution in [2.45, 2.75) is 5.75 Å². The fourth-order valence-corrected chi connectivity index (χ4v) is 2.88. The van der Waals surface area contributed by atoms with Gasteiger partial charge in [-0.05, 0) is 31.8 Å². The van der Waals surface area contributed by atoms with Crippen molar-refractivity contribution in [1.82, 2.24) is 4.90 Å². The van der Waals surface area contributed by atoms with Crippen molar-refractivity contribution < 1.29 is 18.3 Å². The first-order valence-electron chi connectivity index (χ1n) is 5.47. The van der Waals surface area contributed by atoms with E-state index in [2.05, 4.69) is 0 Å². The van der Waals surface area contributed by atoms with Crippen molar-refractivity contribution in [3.05, 3.63) is 35.4 Å². The lowest BCUT2D eigenvalue weighted by molar-refractivity contribution is 0.0697. The number of aromatic carboxylic acids is 1. The number of benzene rings is 1. The fraction of sp³-hybridized carbons (Fsp3) is 0.417. The first-order chi connectivity index (χ1) is 8.30. The summed E-state index contributed by atoms with van der Waals surface area (Å²) in [5.41, 5.74) is 0.767. The third-order valence-electron chi connectivity index (χ3n) is 2.44. The molecule has 1 N–H and O–H groups in total. The number of carbonyl (C=O) groups is 1. The predicted octanol–water partition coefficient (Wildman–Crippen LogP) is 0.861. The predicted molar refractivity (Wildman–Crippen MR) is 69.4 cm³/mol. The van der Waals surface area contributed by atoms with Gasteiger partial charge in [-0.25, -0.2) is 13.2 Å². The van der Waals surface area contributed by atoms with E-state index >= 15 is 0 Å². The van der Waals surface area contributed by atoms with Crippen molar-refractivity contribution in [3.63, 3.8) is 0 Å². The Morgan fingerprint density at radius 3 is 2.22 bits per heavy atom. The number of hydrogen-bond acceptors (Lipinski definition) is 4. The van der Waals surface area contributed by atoms with Gasteiger partial charge in [-0.1, -0.05) is 12.1 Å². The molecule has 0 amide bonds. The molecule has 1 rings (SSSR count). The number of carboxylic acids is 1. The molecule has 0 saturated heterocycles. The minimum absolute atomic E-state index is 0.0548. The molecule has 0 spiro atoms. The lowest BCUT2D eigenvalue weighted by Crippen LogP contribution is -2.22. The molecule has 5 nitrogen and oxygen atoms in total. The van der Waals surface area contributed by atoms with Gasteiger partial charge in [-0.3, -0.25) is 0 Å². The van der Waals surface area contributed by atoms with Crippen LogP contribution in [0.2, 0.25) is 0 Å². The molecule has 100 valence electrons. The monoisotopic (exact) mass is 271 g/mol. The average molecular weight is 271 g/mol. The van der Waals surface area contributed by atoms with Crippen LogP contribution in [0.4, 0.5) is 0 Å². The number of carboxylic acid groups (broad SMARTS) is 1. The second kappa shape index (κ2) is 5.97. The maximum atomic E-state index is 11.8. The largest absolute Gasteiger partial charge is 0.478 e. The molecule has 0 aliphatic rings. The smallest absolute Gasteiger partial charge is 0.335 e. The third kappa shape index (κ3) is 4.85. The maximum absolute atomic E-state index is 11.8. The normalized spacial score (nSPS) is 11.7. The molecule has 0 radical (unpaired) electrons. The van der Waals surface area contributed by atoms with E-state index in [1.165, 1.54) is 24.3 Å². The molecule has 0 bridgehead atoms. The molecule has 0 aliphatic heterocycles. The Hall–Kier alpha value is -1.40. The van der Waals surface area contributed by atoms with E-state index in [1.54, 1.807) is 0 Å². The van der Waals surface area contributed by atoms with Crippen LogP contribution < -0.4 is 0 Å². The Bertz CT molecular complexity index is 505. The molecular formula is C12H17NO4S. The molecule has 1 aromatic rings. The van der Waals surface area contributed by atoms with Gasteiger partial charge < -0.3 is 10.0 Å².